The Labute approximate surface area is 145 Å². The van der Waals surface area contributed by atoms with Crippen molar-refractivity contribution in [3.8, 4) is 0 Å². The van der Waals surface area contributed by atoms with Crippen LogP contribution in [0.5, 0.6) is 0 Å². The summed E-state index contributed by atoms with van der Waals surface area (Å²) in [7, 11) is -2.96. The summed E-state index contributed by atoms with van der Waals surface area (Å²) in [5, 5.41) is 6.29. The first-order chi connectivity index (χ1) is 11.4. The van der Waals surface area contributed by atoms with Crippen molar-refractivity contribution in [1.82, 2.24) is 4.98 Å². The average molecular weight is 366 g/mol. The summed E-state index contributed by atoms with van der Waals surface area (Å²) >= 11 is 6.03. The molecule has 1 aromatic heterocycles. The van der Waals surface area contributed by atoms with Crippen molar-refractivity contribution in [2.45, 2.75) is 12.5 Å². The molecule has 0 bridgehead atoms. The summed E-state index contributed by atoms with van der Waals surface area (Å²) < 4.78 is 23.0. The molecule has 1 aromatic carbocycles. The van der Waals surface area contributed by atoms with E-state index in [9.17, 15) is 13.2 Å². The fraction of sp³-hybridized carbons (Fsp3) is 0.250. The Hall–Kier alpha value is -2.12. The standard InChI is InChI=1S/C16H16ClN3O3S/c17-14-3-1-2-4-15(14)20-16(21)11-7-13(9-18-8-11)19-12-5-6-24(22,23)10-12/h1-4,7-9,12,19H,5-6,10H2,(H,20,21). The minimum Gasteiger partial charge on any atom is -0.380 e. The van der Waals surface area contributed by atoms with Crippen LogP contribution < -0.4 is 10.6 Å². The lowest BCUT2D eigenvalue weighted by Crippen LogP contribution is -2.21. The maximum absolute atomic E-state index is 12.3. The summed E-state index contributed by atoms with van der Waals surface area (Å²) in [5.74, 6) is -0.0494. The van der Waals surface area contributed by atoms with Crippen LogP contribution in [0, 0.1) is 0 Å². The molecule has 0 radical (unpaired) electrons. The van der Waals surface area contributed by atoms with Crippen molar-refractivity contribution in [1.29, 1.82) is 0 Å². The smallest absolute Gasteiger partial charge is 0.257 e. The summed E-state index contributed by atoms with van der Waals surface area (Å²) in [6, 6.07) is 8.44. The SMILES string of the molecule is O=C(Nc1ccccc1Cl)c1cncc(NC2CCS(=O)(=O)C2)c1. The van der Waals surface area contributed by atoms with E-state index in [0.717, 1.165) is 0 Å². The van der Waals surface area contributed by atoms with Gasteiger partial charge in [0, 0.05) is 18.4 Å². The van der Waals surface area contributed by atoms with E-state index in [0.29, 0.717) is 28.4 Å². The van der Waals surface area contributed by atoms with Crippen molar-refractivity contribution in [2.24, 2.45) is 0 Å². The van der Waals surface area contributed by atoms with Gasteiger partial charge in [-0.3, -0.25) is 9.78 Å². The minimum absolute atomic E-state index is 0.100. The lowest BCUT2D eigenvalue weighted by Gasteiger charge is -2.13. The number of carbonyl (C=O) groups is 1. The Morgan fingerprint density at radius 1 is 1.25 bits per heavy atom. The number of sulfone groups is 1. The molecule has 0 aliphatic carbocycles. The van der Waals surface area contributed by atoms with Crippen LogP contribution in [0.15, 0.2) is 42.7 Å². The number of aromatic nitrogens is 1. The molecule has 2 N–H and O–H groups in total. The molecule has 2 heterocycles. The fourth-order valence-electron chi connectivity index (χ4n) is 2.54. The van der Waals surface area contributed by atoms with Gasteiger partial charge in [0.05, 0.1) is 33.5 Å². The molecule has 0 saturated carbocycles. The van der Waals surface area contributed by atoms with Gasteiger partial charge in [-0.25, -0.2) is 8.42 Å². The molecule has 1 unspecified atom stereocenters. The van der Waals surface area contributed by atoms with Gasteiger partial charge in [0.25, 0.3) is 5.91 Å². The third-order valence-electron chi connectivity index (χ3n) is 3.73. The van der Waals surface area contributed by atoms with Crippen LogP contribution in [-0.2, 0) is 9.84 Å². The van der Waals surface area contributed by atoms with Gasteiger partial charge in [-0.1, -0.05) is 23.7 Å². The first-order valence-electron chi connectivity index (χ1n) is 7.41. The average Bonchev–Trinajstić information content (AvgIpc) is 2.88. The second-order valence-corrected chi connectivity index (χ2v) is 8.28. The molecule has 6 nitrogen and oxygen atoms in total. The summed E-state index contributed by atoms with van der Waals surface area (Å²) in [6.45, 7) is 0. The first kappa shape index (κ1) is 16.7. The topological polar surface area (TPSA) is 88.2 Å². The van der Waals surface area contributed by atoms with Gasteiger partial charge in [-0.2, -0.15) is 0 Å². The number of halogens is 1. The van der Waals surface area contributed by atoms with Gasteiger partial charge < -0.3 is 10.6 Å². The number of pyridine rings is 1. The van der Waals surface area contributed by atoms with E-state index in [4.69, 9.17) is 11.6 Å². The number of anilines is 2. The highest BCUT2D eigenvalue weighted by atomic mass is 35.5. The van der Waals surface area contributed by atoms with Crippen molar-refractivity contribution >= 4 is 38.7 Å². The monoisotopic (exact) mass is 365 g/mol. The lowest BCUT2D eigenvalue weighted by molar-refractivity contribution is 0.102. The highest BCUT2D eigenvalue weighted by Crippen LogP contribution is 2.22. The number of carbonyl (C=O) groups excluding carboxylic acids is 1. The van der Waals surface area contributed by atoms with E-state index in [-0.39, 0.29) is 23.5 Å². The van der Waals surface area contributed by atoms with Crippen molar-refractivity contribution in [2.75, 3.05) is 22.1 Å². The Morgan fingerprint density at radius 3 is 2.75 bits per heavy atom. The van der Waals surface area contributed by atoms with Crippen LogP contribution >= 0.6 is 11.6 Å². The summed E-state index contributed by atoms with van der Waals surface area (Å²) in [4.78, 5) is 16.4. The quantitative estimate of drug-likeness (QED) is 0.869. The second kappa shape index (κ2) is 6.78. The van der Waals surface area contributed by atoms with E-state index >= 15 is 0 Å². The molecule has 1 aliphatic rings. The Bertz CT molecular complexity index is 870. The third kappa shape index (κ3) is 4.04. The maximum Gasteiger partial charge on any atom is 0.257 e. The van der Waals surface area contributed by atoms with Crippen molar-refractivity contribution in [3.63, 3.8) is 0 Å². The molecule has 1 amide bonds. The van der Waals surface area contributed by atoms with Crippen molar-refractivity contribution < 1.29 is 13.2 Å². The van der Waals surface area contributed by atoms with E-state index in [1.54, 1.807) is 36.5 Å². The van der Waals surface area contributed by atoms with E-state index in [2.05, 4.69) is 15.6 Å². The van der Waals surface area contributed by atoms with Crippen molar-refractivity contribution in [3.05, 3.63) is 53.3 Å². The van der Waals surface area contributed by atoms with Gasteiger partial charge in [-0.05, 0) is 24.6 Å². The molecule has 1 fully saturated rings. The molecular weight excluding hydrogens is 350 g/mol. The Balaban J connectivity index is 1.71. The molecule has 1 saturated heterocycles. The molecule has 0 spiro atoms. The first-order valence-corrected chi connectivity index (χ1v) is 9.61. The van der Waals surface area contributed by atoms with Crippen LogP contribution in [0.25, 0.3) is 0 Å². The number of para-hydroxylation sites is 1. The minimum atomic E-state index is -2.96. The molecule has 1 aliphatic heterocycles. The van der Waals surface area contributed by atoms with E-state index in [1.165, 1.54) is 6.20 Å². The third-order valence-corrected chi connectivity index (χ3v) is 5.82. The zero-order valence-electron chi connectivity index (χ0n) is 12.7. The Morgan fingerprint density at radius 2 is 2.04 bits per heavy atom. The molecule has 2 aromatic rings. The molecule has 8 heteroatoms. The lowest BCUT2D eigenvalue weighted by atomic mass is 10.2. The van der Waals surface area contributed by atoms with Gasteiger partial charge in [0.1, 0.15) is 0 Å². The molecule has 24 heavy (non-hydrogen) atoms. The molecule has 1 atom stereocenters. The Kier molecular flexibility index (Phi) is 4.73. The number of nitrogens with one attached hydrogen (secondary N) is 2. The van der Waals surface area contributed by atoms with Crippen LogP contribution in [-0.4, -0.2) is 36.9 Å². The number of hydrogen-bond donors (Lipinski definition) is 2. The highest BCUT2D eigenvalue weighted by molar-refractivity contribution is 7.91. The fourth-order valence-corrected chi connectivity index (χ4v) is 4.40. The normalized spacial score (nSPS) is 19.0. The number of benzene rings is 1. The summed E-state index contributed by atoms with van der Waals surface area (Å²) in [6.07, 6.45) is 3.57. The number of hydrogen-bond acceptors (Lipinski definition) is 5. The zero-order chi connectivity index (χ0) is 17.2. The molecule has 126 valence electrons. The molecular formula is C16H16ClN3O3S. The van der Waals surface area contributed by atoms with Gasteiger partial charge in [0.15, 0.2) is 9.84 Å². The molecule has 3 rings (SSSR count). The second-order valence-electron chi connectivity index (χ2n) is 5.64. The van der Waals surface area contributed by atoms with Gasteiger partial charge >= 0.3 is 0 Å². The van der Waals surface area contributed by atoms with Gasteiger partial charge in [0.2, 0.25) is 0 Å². The predicted octanol–water partition coefficient (Wildman–Crippen LogP) is 2.59. The maximum atomic E-state index is 12.3. The zero-order valence-corrected chi connectivity index (χ0v) is 14.3. The largest absolute Gasteiger partial charge is 0.380 e. The summed E-state index contributed by atoms with van der Waals surface area (Å²) in [5.41, 5.74) is 1.49. The number of amides is 1. The highest BCUT2D eigenvalue weighted by Gasteiger charge is 2.27. The van der Waals surface area contributed by atoms with Crippen LogP contribution in [0.2, 0.25) is 5.02 Å². The van der Waals surface area contributed by atoms with E-state index < -0.39 is 9.84 Å². The van der Waals surface area contributed by atoms with E-state index in [1.807, 2.05) is 0 Å². The van der Waals surface area contributed by atoms with Gasteiger partial charge in [-0.15, -0.1) is 0 Å². The van der Waals surface area contributed by atoms with Crippen LogP contribution in [0.1, 0.15) is 16.8 Å². The van der Waals surface area contributed by atoms with Crippen LogP contribution in [0.4, 0.5) is 11.4 Å². The number of rotatable bonds is 4. The van der Waals surface area contributed by atoms with Crippen LogP contribution in [0.3, 0.4) is 0 Å². The number of nitrogens with zero attached hydrogens (tertiary/aromatic N) is 1. The predicted molar refractivity (Wildman–Crippen MR) is 94.3 cm³/mol.